The SMILES string of the molecule is COP(=O)(Cc1ccc([N+](=O)[O-])cc1)OC. The van der Waals surface area contributed by atoms with E-state index in [4.69, 9.17) is 9.05 Å². The second-order valence-electron chi connectivity index (χ2n) is 3.06. The van der Waals surface area contributed by atoms with Gasteiger partial charge in [0.15, 0.2) is 0 Å². The molecule has 0 spiro atoms. The number of nitrogens with zero attached hydrogens (tertiary/aromatic N) is 1. The van der Waals surface area contributed by atoms with E-state index in [2.05, 4.69) is 0 Å². The molecule has 0 atom stereocenters. The van der Waals surface area contributed by atoms with Gasteiger partial charge in [0.2, 0.25) is 0 Å². The first kappa shape index (κ1) is 12.8. The topological polar surface area (TPSA) is 78.7 Å². The quantitative estimate of drug-likeness (QED) is 0.452. The minimum atomic E-state index is -3.11. The zero-order valence-electron chi connectivity index (χ0n) is 8.95. The van der Waals surface area contributed by atoms with Crippen LogP contribution in [0.25, 0.3) is 0 Å². The highest BCUT2D eigenvalue weighted by Crippen LogP contribution is 2.49. The van der Waals surface area contributed by atoms with E-state index in [0.29, 0.717) is 5.56 Å². The van der Waals surface area contributed by atoms with Crippen LogP contribution in [0.15, 0.2) is 24.3 Å². The molecule has 0 aromatic heterocycles. The maximum Gasteiger partial charge on any atom is 0.334 e. The van der Waals surface area contributed by atoms with E-state index < -0.39 is 12.5 Å². The van der Waals surface area contributed by atoms with Crippen LogP contribution in [0.4, 0.5) is 5.69 Å². The fraction of sp³-hybridized carbons (Fsp3) is 0.333. The van der Waals surface area contributed by atoms with Gasteiger partial charge in [0.25, 0.3) is 5.69 Å². The van der Waals surface area contributed by atoms with Crippen molar-refractivity contribution < 1.29 is 18.5 Å². The number of hydrogen-bond donors (Lipinski definition) is 0. The van der Waals surface area contributed by atoms with E-state index in [1.165, 1.54) is 38.5 Å². The Balaban J connectivity index is 2.83. The Morgan fingerprint density at radius 3 is 2.12 bits per heavy atom. The Bertz CT molecular complexity index is 408. The minimum Gasteiger partial charge on any atom is -0.312 e. The Morgan fingerprint density at radius 2 is 1.75 bits per heavy atom. The second-order valence-corrected chi connectivity index (χ2v) is 5.33. The molecule has 0 bridgehead atoms. The van der Waals surface area contributed by atoms with Crippen molar-refractivity contribution in [2.45, 2.75) is 6.16 Å². The number of nitro groups is 1. The van der Waals surface area contributed by atoms with Gasteiger partial charge in [-0.1, -0.05) is 12.1 Å². The largest absolute Gasteiger partial charge is 0.334 e. The lowest BCUT2D eigenvalue weighted by molar-refractivity contribution is -0.384. The van der Waals surface area contributed by atoms with E-state index in [9.17, 15) is 14.7 Å². The van der Waals surface area contributed by atoms with Crippen molar-refractivity contribution >= 4 is 13.3 Å². The molecular formula is C9H12NO5P. The summed E-state index contributed by atoms with van der Waals surface area (Å²) in [7, 11) is -0.509. The fourth-order valence-electron chi connectivity index (χ4n) is 1.15. The third kappa shape index (κ3) is 3.13. The monoisotopic (exact) mass is 245 g/mol. The summed E-state index contributed by atoms with van der Waals surface area (Å²) in [6, 6.07) is 5.77. The van der Waals surface area contributed by atoms with Gasteiger partial charge in [0.1, 0.15) is 0 Å². The zero-order chi connectivity index (χ0) is 12.2. The van der Waals surface area contributed by atoms with Gasteiger partial charge in [-0.25, -0.2) is 0 Å². The molecule has 0 saturated heterocycles. The lowest BCUT2D eigenvalue weighted by atomic mass is 10.2. The van der Waals surface area contributed by atoms with Crippen LogP contribution in [0.3, 0.4) is 0 Å². The molecule has 7 heteroatoms. The number of nitro benzene ring substituents is 1. The first-order valence-corrected chi connectivity index (χ1v) is 6.17. The normalized spacial score (nSPS) is 11.4. The van der Waals surface area contributed by atoms with Gasteiger partial charge in [-0.3, -0.25) is 14.7 Å². The van der Waals surface area contributed by atoms with Crippen LogP contribution in [0, 0.1) is 10.1 Å². The van der Waals surface area contributed by atoms with Gasteiger partial charge in [-0.2, -0.15) is 0 Å². The van der Waals surface area contributed by atoms with Crippen LogP contribution >= 0.6 is 7.60 Å². The summed E-state index contributed by atoms with van der Waals surface area (Å²) in [6.45, 7) is 0. The van der Waals surface area contributed by atoms with Crippen molar-refractivity contribution in [2.75, 3.05) is 14.2 Å². The Kier molecular flexibility index (Phi) is 4.18. The molecule has 0 fully saturated rings. The first-order chi connectivity index (χ1) is 7.50. The standard InChI is InChI=1S/C9H12NO5P/c1-14-16(13,15-2)7-8-3-5-9(6-4-8)10(11)12/h3-6H,7H2,1-2H3. The third-order valence-corrected chi connectivity index (χ3v) is 3.94. The van der Waals surface area contributed by atoms with Gasteiger partial charge in [0.05, 0.1) is 11.1 Å². The van der Waals surface area contributed by atoms with Crippen molar-refractivity contribution in [3.63, 3.8) is 0 Å². The summed E-state index contributed by atoms with van der Waals surface area (Å²) in [5.41, 5.74) is 0.658. The predicted octanol–water partition coefficient (Wildman–Crippen LogP) is 2.58. The van der Waals surface area contributed by atoms with Crippen LogP contribution < -0.4 is 0 Å². The molecular weight excluding hydrogens is 233 g/mol. The number of non-ortho nitro benzene ring substituents is 1. The third-order valence-electron chi connectivity index (χ3n) is 2.08. The molecule has 0 aliphatic rings. The van der Waals surface area contributed by atoms with Gasteiger partial charge in [0, 0.05) is 26.4 Å². The molecule has 0 saturated carbocycles. The molecule has 1 rings (SSSR count). The summed E-state index contributed by atoms with van der Waals surface area (Å²) >= 11 is 0. The molecule has 0 unspecified atom stereocenters. The lowest BCUT2D eigenvalue weighted by Crippen LogP contribution is -1.94. The summed E-state index contributed by atoms with van der Waals surface area (Å²) in [4.78, 5) is 9.92. The van der Waals surface area contributed by atoms with Crippen molar-refractivity contribution in [3.05, 3.63) is 39.9 Å². The molecule has 0 heterocycles. The molecule has 0 aliphatic carbocycles. The predicted molar refractivity (Wildman–Crippen MR) is 58.4 cm³/mol. The highest BCUT2D eigenvalue weighted by atomic mass is 31.2. The summed E-state index contributed by atoms with van der Waals surface area (Å²) in [5, 5.41) is 10.4. The van der Waals surface area contributed by atoms with E-state index >= 15 is 0 Å². The highest BCUT2D eigenvalue weighted by molar-refractivity contribution is 7.52. The van der Waals surface area contributed by atoms with Gasteiger partial charge in [-0.15, -0.1) is 0 Å². The van der Waals surface area contributed by atoms with Gasteiger partial charge in [-0.05, 0) is 5.56 Å². The van der Waals surface area contributed by atoms with E-state index in [0.717, 1.165) is 0 Å². The van der Waals surface area contributed by atoms with Crippen LogP contribution in [0.2, 0.25) is 0 Å². The minimum absolute atomic E-state index is 0.00610. The first-order valence-electron chi connectivity index (χ1n) is 4.44. The molecule has 0 amide bonds. The number of rotatable bonds is 5. The number of benzene rings is 1. The van der Waals surface area contributed by atoms with Crippen molar-refractivity contribution in [1.82, 2.24) is 0 Å². The van der Waals surface area contributed by atoms with Crippen LogP contribution in [-0.2, 0) is 19.8 Å². The Morgan fingerprint density at radius 1 is 1.25 bits per heavy atom. The van der Waals surface area contributed by atoms with Crippen molar-refractivity contribution in [1.29, 1.82) is 0 Å². The van der Waals surface area contributed by atoms with E-state index in [-0.39, 0.29) is 11.8 Å². The second kappa shape index (κ2) is 5.21. The average Bonchev–Trinajstić information content (AvgIpc) is 2.29. The molecule has 1 aromatic carbocycles. The molecule has 0 aliphatic heterocycles. The smallest absolute Gasteiger partial charge is 0.312 e. The fourth-order valence-corrected chi connectivity index (χ4v) is 2.22. The van der Waals surface area contributed by atoms with Crippen molar-refractivity contribution in [3.8, 4) is 0 Å². The summed E-state index contributed by atoms with van der Waals surface area (Å²) in [5.74, 6) is 0. The molecule has 16 heavy (non-hydrogen) atoms. The maximum absolute atomic E-state index is 11.8. The lowest BCUT2D eigenvalue weighted by Gasteiger charge is -2.12. The molecule has 1 aromatic rings. The van der Waals surface area contributed by atoms with Crippen LogP contribution in [0.5, 0.6) is 0 Å². The molecule has 0 radical (unpaired) electrons. The highest BCUT2D eigenvalue weighted by Gasteiger charge is 2.21. The maximum atomic E-state index is 11.8. The summed E-state index contributed by atoms with van der Waals surface area (Å²) < 4.78 is 21.3. The zero-order valence-corrected chi connectivity index (χ0v) is 9.85. The van der Waals surface area contributed by atoms with Crippen LogP contribution in [-0.4, -0.2) is 19.1 Å². The van der Waals surface area contributed by atoms with E-state index in [1.807, 2.05) is 0 Å². The van der Waals surface area contributed by atoms with Crippen LogP contribution in [0.1, 0.15) is 5.56 Å². The molecule has 6 nitrogen and oxygen atoms in total. The van der Waals surface area contributed by atoms with Gasteiger partial charge < -0.3 is 9.05 Å². The van der Waals surface area contributed by atoms with E-state index in [1.54, 1.807) is 0 Å². The summed E-state index contributed by atoms with van der Waals surface area (Å²) in [6.07, 6.45) is 0.0952. The number of hydrogen-bond acceptors (Lipinski definition) is 5. The Labute approximate surface area is 92.9 Å². The van der Waals surface area contributed by atoms with Crippen molar-refractivity contribution in [2.24, 2.45) is 0 Å². The molecule has 0 N–H and O–H groups in total. The average molecular weight is 245 g/mol. The Hall–Kier alpha value is -1.23. The molecule has 88 valence electrons. The van der Waals surface area contributed by atoms with Gasteiger partial charge >= 0.3 is 7.60 Å².